The lowest BCUT2D eigenvalue weighted by Gasteiger charge is -2.21. The van der Waals surface area contributed by atoms with Crippen LogP contribution in [0.5, 0.6) is 0 Å². The highest BCUT2D eigenvalue weighted by Crippen LogP contribution is 2.17. The molecule has 0 bridgehead atoms. The number of aliphatic imine (C=N–C) groups is 1. The Kier molecular flexibility index (Phi) is 9.46. The van der Waals surface area contributed by atoms with Gasteiger partial charge in [0, 0.05) is 19.7 Å². The maximum absolute atomic E-state index is 9.26. The van der Waals surface area contributed by atoms with Crippen molar-refractivity contribution in [2.24, 2.45) is 16.8 Å². The molecule has 0 spiro atoms. The van der Waals surface area contributed by atoms with Crippen LogP contribution in [0.25, 0.3) is 0 Å². The molecule has 0 aromatic heterocycles. The van der Waals surface area contributed by atoms with E-state index in [1.54, 1.807) is 0 Å². The molecule has 0 aliphatic rings. The number of guanidine groups is 1. The van der Waals surface area contributed by atoms with Crippen LogP contribution in [0, 0.1) is 18.8 Å². The summed E-state index contributed by atoms with van der Waals surface area (Å²) < 4.78 is 0. The van der Waals surface area contributed by atoms with E-state index in [0.29, 0.717) is 11.8 Å². The molecule has 24 heavy (non-hydrogen) atoms. The molecule has 1 aromatic rings. The number of nitrogens with one attached hydrogen (secondary N) is 2. The van der Waals surface area contributed by atoms with Gasteiger partial charge in [-0.2, -0.15) is 0 Å². The summed E-state index contributed by atoms with van der Waals surface area (Å²) in [5.41, 5.74) is 2.57. The van der Waals surface area contributed by atoms with Gasteiger partial charge in [0.2, 0.25) is 0 Å². The first-order valence-corrected chi connectivity index (χ1v) is 9.19. The molecule has 136 valence electrons. The highest BCUT2D eigenvalue weighted by atomic mass is 16.3. The van der Waals surface area contributed by atoms with Gasteiger partial charge in [-0.05, 0) is 56.6 Å². The third-order valence-corrected chi connectivity index (χ3v) is 4.20. The fourth-order valence-corrected chi connectivity index (χ4v) is 3.03. The molecule has 0 saturated carbocycles. The summed E-state index contributed by atoms with van der Waals surface area (Å²) in [5, 5.41) is 16.1. The van der Waals surface area contributed by atoms with Crippen molar-refractivity contribution in [3.05, 3.63) is 35.4 Å². The van der Waals surface area contributed by atoms with Crippen LogP contribution in [0.4, 0.5) is 0 Å². The number of hydrogen-bond acceptors (Lipinski definition) is 2. The van der Waals surface area contributed by atoms with E-state index in [1.807, 2.05) is 0 Å². The van der Waals surface area contributed by atoms with Gasteiger partial charge in [-0.3, -0.25) is 4.99 Å². The first-order chi connectivity index (χ1) is 11.5. The quantitative estimate of drug-likeness (QED) is 0.477. The topological polar surface area (TPSA) is 56.7 Å². The second-order valence-corrected chi connectivity index (χ2v) is 6.95. The number of aliphatic hydroxyl groups excluding tert-OH is 1. The van der Waals surface area contributed by atoms with Gasteiger partial charge in [-0.25, -0.2) is 0 Å². The molecule has 0 aliphatic carbocycles. The molecule has 2 unspecified atom stereocenters. The van der Waals surface area contributed by atoms with Crippen molar-refractivity contribution >= 4 is 5.96 Å². The average molecular weight is 334 g/mol. The average Bonchev–Trinajstić information content (AvgIpc) is 2.52. The monoisotopic (exact) mass is 333 g/mol. The number of aryl methyl sites for hydroxylation is 1. The zero-order valence-electron chi connectivity index (χ0n) is 16.0. The lowest BCUT2D eigenvalue weighted by Crippen LogP contribution is -2.39. The minimum atomic E-state index is 0.199. The number of nitrogens with zero attached hydrogens (tertiary/aromatic N) is 1. The van der Waals surface area contributed by atoms with E-state index in [4.69, 9.17) is 4.99 Å². The summed E-state index contributed by atoms with van der Waals surface area (Å²) in [5.74, 6) is 1.90. The lowest BCUT2D eigenvalue weighted by molar-refractivity contribution is 0.245. The molecular formula is C20H35N3O. The van der Waals surface area contributed by atoms with Crippen LogP contribution in [0.15, 0.2) is 29.3 Å². The smallest absolute Gasteiger partial charge is 0.191 e. The Hall–Kier alpha value is -1.55. The van der Waals surface area contributed by atoms with E-state index < -0.39 is 0 Å². The van der Waals surface area contributed by atoms with Crippen LogP contribution in [0.2, 0.25) is 0 Å². The highest BCUT2D eigenvalue weighted by molar-refractivity contribution is 5.80. The summed E-state index contributed by atoms with van der Waals surface area (Å²) >= 11 is 0. The first kappa shape index (κ1) is 20.5. The summed E-state index contributed by atoms with van der Waals surface area (Å²) in [6.45, 7) is 12.6. The predicted octanol–water partition coefficient (Wildman–Crippen LogP) is 3.66. The minimum Gasteiger partial charge on any atom is -0.396 e. The Morgan fingerprint density at radius 2 is 1.92 bits per heavy atom. The number of hydrogen-bond donors (Lipinski definition) is 3. The molecule has 0 radical (unpaired) electrons. The Balaban J connectivity index is 2.75. The van der Waals surface area contributed by atoms with Gasteiger partial charge < -0.3 is 15.7 Å². The van der Waals surface area contributed by atoms with Crippen molar-refractivity contribution < 1.29 is 5.11 Å². The van der Waals surface area contributed by atoms with Crippen molar-refractivity contribution in [1.29, 1.82) is 0 Å². The molecule has 1 rings (SSSR count). The Bertz CT molecular complexity index is 499. The van der Waals surface area contributed by atoms with Crippen molar-refractivity contribution in [1.82, 2.24) is 10.6 Å². The standard InChI is InChI=1S/C20H35N3O/c1-6-21-20(22-14-18(11-12-24)13-15(2)3)23-17(5)19-10-8-7-9-16(19)4/h7-10,15,17-18,24H,6,11-14H2,1-5H3,(H2,21,22,23). The zero-order valence-corrected chi connectivity index (χ0v) is 16.0. The predicted molar refractivity (Wildman–Crippen MR) is 103 cm³/mol. The second kappa shape index (κ2) is 11.1. The Labute approximate surface area is 147 Å². The number of aliphatic hydroxyl groups is 1. The van der Waals surface area contributed by atoms with E-state index in [2.05, 4.69) is 69.5 Å². The van der Waals surface area contributed by atoms with E-state index in [1.165, 1.54) is 11.1 Å². The normalized spacial score (nSPS) is 14.5. The molecule has 4 nitrogen and oxygen atoms in total. The van der Waals surface area contributed by atoms with Gasteiger partial charge in [0.05, 0.1) is 6.04 Å². The molecule has 0 aliphatic heterocycles. The van der Waals surface area contributed by atoms with E-state index in [0.717, 1.165) is 31.9 Å². The van der Waals surface area contributed by atoms with E-state index in [-0.39, 0.29) is 12.6 Å². The Morgan fingerprint density at radius 3 is 2.50 bits per heavy atom. The fourth-order valence-electron chi connectivity index (χ4n) is 3.03. The number of benzene rings is 1. The van der Waals surface area contributed by atoms with Crippen molar-refractivity contribution in [3.63, 3.8) is 0 Å². The molecule has 0 heterocycles. The molecule has 2 atom stereocenters. The van der Waals surface area contributed by atoms with Crippen molar-refractivity contribution in [2.45, 2.75) is 53.5 Å². The SMILES string of the molecule is CCNC(=NCC(CCO)CC(C)C)NC(C)c1ccccc1C. The van der Waals surface area contributed by atoms with Gasteiger partial charge >= 0.3 is 0 Å². The molecule has 1 aromatic carbocycles. The lowest BCUT2D eigenvalue weighted by atomic mass is 9.94. The van der Waals surface area contributed by atoms with Crippen LogP contribution in [-0.4, -0.2) is 30.8 Å². The van der Waals surface area contributed by atoms with Crippen LogP contribution in [0.3, 0.4) is 0 Å². The largest absolute Gasteiger partial charge is 0.396 e. The fraction of sp³-hybridized carbons (Fsp3) is 0.650. The molecule has 0 saturated heterocycles. The van der Waals surface area contributed by atoms with Gasteiger partial charge in [0.1, 0.15) is 0 Å². The highest BCUT2D eigenvalue weighted by Gasteiger charge is 2.13. The van der Waals surface area contributed by atoms with Crippen LogP contribution in [-0.2, 0) is 0 Å². The Morgan fingerprint density at radius 1 is 1.21 bits per heavy atom. The van der Waals surface area contributed by atoms with Crippen molar-refractivity contribution in [3.8, 4) is 0 Å². The number of rotatable bonds is 9. The van der Waals surface area contributed by atoms with Gasteiger partial charge in [-0.15, -0.1) is 0 Å². The van der Waals surface area contributed by atoms with Crippen LogP contribution >= 0.6 is 0 Å². The zero-order chi connectivity index (χ0) is 17.9. The molecule has 0 fully saturated rings. The molecule has 0 amide bonds. The van der Waals surface area contributed by atoms with Gasteiger partial charge in [0.25, 0.3) is 0 Å². The first-order valence-electron chi connectivity index (χ1n) is 9.19. The molecule has 4 heteroatoms. The molecule has 3 N–H and O–H groups in total. The summed E-state index contributed by atoms with van der Waals surface area (Å²) in [7, 11) is 0. The van der Waals surface area contributed by atoms with Crippen LogP contribution in [0.1, 0.15) is 57.7 Å². The minimum absolute atomic E-state index is 0.199. The molecular weight excluding hydrogens is 298 g/mol. The van der Waals surface area contributed by atoms with Crippen LogP contribution < -0.4 is 10.6 Å². The van der Waals surface area contributed by atoms with E-state index >= 15 is 0 Å². The van der Waals surface area contributed by atoms with Gasteiger partial charge in [0.15, 0.2) is 5.96 Å². The summed E-state index contributed by atoms with van der Waals surface area (Å²) in [6, 6.07) is 8.63. The summed E-state index contributed by atoms with van der Waals surface area (Å²) in [6.07, 6.45) is 1.91. The van der Waals surface area contributed by atoms with E-state index in [9.17, 15) is 5.11 Å². The second-order valence-electron chi connectivity index (χ2n) is 6.95. The summed E-state index contributed by atoms with van der Waals surface area (Å²) in [4.78, 5) is 4.76. The third-order valence-electron chi connectivity index (χ3n) is 4.20. The van der Waals surface area contributed by atoms with Crippen molar-refractivity contribution in [2.75, 3.05) is 19.7 Å². The van der Waals surface area contributed by atoms with Gasteiger partial charge in [-0.1, -0.05) is 38.1 Å². The maximum Gasteiger partial charge on any atom is 0.191 e. The maximum atomic E-state index is 9.26. The third kappa shape index (κ3) is 7.35.